The van der Waals surface area contributed by atoms with Gasteiger partial charge in [-0.25, -0.2) is 9.18 Å². The second-order valence-corrected chi connectivity index (χ2v) is 4.31. The molecule has 0 radical (unpaired) electrons. The van der Waals surface area contributed by atoms with Gasteiger partial charge in [-0.15, -0.1) is 0 Å². The fraction of sp³-hybridized carbons (Fsp3) is 0.0667. The number of alkyl halides is 3. The summed E-state index contributed by atoms with van der Waals surface area (Å²) in [5.74, 6) is -2.26. The zero-order valence-corrected chi connectivity index (χ0v) is 10.9. The van der Waals surface area contributed by atoms with Crippen LogP contribution in [0, 0.1) is 5.82 Å². The number of hydrogen-bond donors (Lipinski definition) is 1. The van der Waals surface area contributed by atoms with Crippen molar-refractivity contribution in [3.63, 3.8) is 0 Å². The molecule has 0 saturated heterocycles. The van der Waals surface area contributed by atoms with Crippen molar-refractivity contribution in [3.05, 3.63) is 65.0 Å². The molecule has 0 aromatic heterocycles. The Balaban J connectivity index is 2.46. The second-order valence-electron chi connectivity index (χ2n) is 4.31. The third-order valence-corrected chi connectivity index (χ3v) is 2.80. The van der Waals surface area contributed by atoms with Gasteiger partial charge in [-0.3, -0.25) is 4.99 Å². The normalized spacial score (nSPS) is 11.8. The first-order valence-corrected chi connectivity index (χ1v) is 6.02. The monoisotopic (exact) mass is 311 g/mol. The minimum Gasteiger partial charge on any atom is -0.478 e. The van der Waals surface area contributed by atoms with Gasteiger partial charge in [0.15, 0.2) is 0 Å². The Bertz CT molecular complexity index is 739. The Hall–Kier alpha value is -2.70. The number of halogens is 4. The maximum absolute atomic E-state index is 13.0. The fourth-order valence-corrected chi connectivity index (χ4v) is 1.79. The van der Waals surface area contributed by atoms with Crippen LogP contribution < -0.4 is 0 Å². The van der Waals surface area contributed by atoms with Crippen molar-refractivity contribution in [1.82, 2.24) is 0 Å². The summed E-state index contributed by atoms with van der Waals surface area (Å²) in [4.78, 5) is 14.7. The lowest BCUT2D eigenvalue weighted by molar-refractivity contribution is -0.137. The minimum absolute atomic E-state index is 0.0954. The topological polar surface area (TPSA) is 49.7 Å². The highest BCUT2D eigenvalue weighted by molar-refractivity contribution is 5.99. The van der Waals surface area contributed by atoms with E-state index < -0.39 is 29.2 Å². The summed E-state index contributed by atoms with van der Waals surface area (Å²) < 4.78 is 51.5. The van der Waals surface area contributed by atoms with E-state index in [2.05, 4.69) is 4.99 Å². The Morgan fingerprint density at radius 1 is 1.14 bits per heavy atom. The van der Waals surface area contributed by atoms with E-state index in [1.165, 1.54) is 24.3 Å². The van der Waals surface area contributed by atoms with Gasteiger partial charge < -0.3 is 5.11 Å². The number of nitrogens with zero attached hydrogens (tertiary/aromatic N) is 1. The van der Waals surface area contributed by atoms with Gasteiger partial charge >= 0.3 is 12.1 Å². The molecule has 2 aromatic rings. The van der Waals surface area contributed by atoms with E-state index in [0.29, 0.717) is 6.07 Å². The predicted octanol–water partition coefficient (Wildman–Crippen LogP) is 4.29. The summed E-state index contributed by atoms with van der Waals surface area (Å²) in [6.45, 7) is 0. The first-order valence-electron chi connectivity index (χ1n) is 6.02. The zero-order valence-electron chi connectivity index (χ0n) is 10.9. The van der Waals surface area contributed by atoms with Crippen molar-refractivity contribution in [3.8, 4) is 0 Å². The molecule has 0 spiro atoms. The molecule has 0 heterocycles. The van der Waals surface area contributed by atoms with Crippen LogP contribution in [-0.2, 0) is 6.18 Å². The average Bonchev–Trinajstić information content (AvgIpc) is 2.45. The highest BCUT2D eigenvalue weighted by atomic mass is 19.4. The number of carboxylic acid groups (broad SMARTS) is 1. The number of benzene rings is 2. The molecule has 3 nitrogen and oxygen atoms in total. The summed E-state index contributed by atoms with van der Waals surface area (Å²) in [5, 5.41) is 8.99. The highest BCUT2D eigenvalue weighted by Gasteiger charge is 2.33. The summed E-state index contributed by atoms with van der Waals surface area (Å²) in [7, 11) is 0. The molecular weight excluding hydrogens is 302 g/mol. The molecule has 0 aliphatic heterocycles. The molecule has 0 atom stereocenters. The molecule has 0 amide bonds. The number of carbonyl (C=O) groups is 1. The maximum atomic E-state index is 13.0. The summed E-state index contributed by atoms with van der Waals surface area (Å²) >= 11 is 0. The van der Waals surface area contributed by atoms with E-state index in [4.69, 9.17) is 5.11 Å². The molecule has 0 aliphatic carbocycles. The van der Waals surface area contributed by atoms with Crippen LogP contribution in [0.25, 0.3) is 0 Å². The molecule has 1 N–H and O–H groups in total. The Kier molecular flexibility index (Phi) is 4.25. The largest absolute Gasteiger partial charge is 0.478 e. The molecule has 0 unspecified atom stereocenters. The Labute approximate surface area is 122 Å². The molecule has 2 rings (SSSR count). The molecule has 0 aliphatic rings. The summed E-state index contributed by atoms with van der Waals surface area (Å²) in [5.41, 5.74) is -1.67. The lowest BCUT2D eigenvalue weighted by Crippen LogP contribution is -2.06. The molecule has 0 fully saturated rings. The standard InChI is InChI=1S/C15H9F4NO2/c16-10-5-6-13(12(7-10)15(17,18)19)20-8-9-3-1-2-4-11(9)14(21)22/h1-8H,(H,21,22)/b20-8-. The number of hydrogen-bond acceptors (Lipinski definition) is 2. The van der Waals surface area contributed by atoms with E-state index in [0.717, 1.165) is 18.3 Å². The summed E-state index contributed by atoms with van der Waals surface area (Å²) in [6.07, 6.45) is -3.76. The SMILES string of the molecule is O=C(O)c1ccccc1/C=N\c1ccc(F)cc1C(F)(F)F. The molecular formula is C15H9F4NO2. The van der Waals surface area contributed by atoms with Crippen LogP contribution >= 0.6 is 0 Å². The van der Waals surface area contributed by atoms with E-state index in [9.17, 15) is 22.4 Å². The van der Waals surface area contributed by atoms with Gasteiger partial charge in [0.1, 0.15) is 5.82 Å². The number of rotatable bonds is 3. The van der Waals surface area contributed by atoms with Crippen molar-refractivity contribution in [1.29, 1.82) is 0 Å². The highest BCUT2D eigenvalue weighted by Crippen LogP contribution is 2.36. The van der Waals surface area contributed by atoms with Crippen LogP contribution in [0.3, 0.4) is 0 Å². The van der Waals surface area contributed by atoms with Gasteiger partial charge in [-0.05, 0) is 24.3 Å². The lowest BCUT2D eigenvalue weighted by Gasteiger charge is -2.09. The average molecular weight is 311 g/mol. The van der Waals surface area contributed by atoms with Gasteiger partial charge in [0.05, 0.1) is 16.8 Å². The Morgan fingerprint density at radius 2 is 1.82 bits per heavy atom. The van der Waals surface area contributed by atoms with Crippen molar-refractivity contribution >= 4 is 17.9 Å². The number of aliphatic imine (C=N–C) groups is 1. The number of aromatic carboxylic acids is 1. The quantitative estimate of drug-likeness (QED) is 0.679. The van der Waals surface area contributed by atoms with E-state index >= 15 is 0 Å². The lowest BCUT2D eigenvalue weighted by atomic mass is 10.1. The van der Waals surface area contributed by atoms with Crippen LogP contribution in [0.15, 0.2) is 47.5 Å². The van der Waals surface area contributed by atoms with Crippen LogP contribution in [-0.4, -0.2) is 17.3 Å². The first-order chi connectivity index (χ1) is 10.3. The smallest absolute Gasteiger partial charge is 0.418 e. The van der Waals surface area contributed by atoms with Crippen LogP contribution in [0.1, 0.15) is 21.5 Å². The van der Waals surface area contributed by atoms with Crippen molar-refractivity contribution in [2.45, 2.75) is 6.18 Å². The molecule has 0 bridgehead atoms. The van der Waals surface area contributed by atoms with Gasteiger partial charge in [0.2, 0.25) is 0 Å². The fourth-order valence-electron chi connectivity index (χ4n) is 1.79. The van der Waals surface area contributed by atoms with Gasteiger partial charge in [0.25, 0.3) is 0 Å². The van der Waals surface area contributed by atoms with Crippen LogP contribution in [0.4, 0.5) is 23.2 Å². The number of carboxylic acids is 1. The second kappa shape index (κ2) is 5.97. The van der Waals surface area contributed by atoms with E-state index in [1.807, 2.05) is 0 Å². The van der Waals surface area contributed by atoms with Crippen molar-refractivity contribution in [2.24, 2.45) is 4.99 Å². The first kappa shape index (κ1) is 15.7. The van der Waals surface area contributed by atoms with Crippen molar-refractivity contribution < 1.29 is 27.5 Å². The van der Waals surface area contributed by atoms with Gasteiger partial charge in [0, 0.05) is 11.8 Å². The summed E-state index contributed by atoms with van der Waals surface area (Å²) in [6, 6.07) is 7.81. The minimum atomic E-state index is -4.76. The van der Waals surface area contributed by atoms with Crippen LogP contribution in [0.5, 0.6) is 0 Å². The molecule has 7 heteroatoms. The Morgan fingerprint density at radius 3 is 2.45 bits per heavy atom. The molecule has 114 valence electrons. The third-order valence-electron chi connectivity index (χ3n) is 2.80. The van der Waals surface area contributed by atoms with E-state index in [-0.39, 0.29) is 11.1 Å². The van der Waals surface area contributed by atoms with Gasteiger partial charge in [-0.2, -0.15) is 13.2 Å². The zero-order chi connectivity index (χ0) is 16.3. The predicted molar refractivity (Wildman–Crippen MR) is 72.1 cm³/mol. The molecule has 0 saturated carbocycles. The van der Waals surface area contributed by atoms with Crippen LogP contribution in [0.2, 0.25) is 0 Å². The third kappa shape index (κ3) is 3.49. The van der Waals surface area contributed by atoms with E-state index in [1.54, 1.807) is 0 Å². The molecule has 2 aromatic carbocycles. The van der Waals surface area contributed by atoms with Crippen molar-refractivity contribution in [2.75, 3.05) is 0 Å². The maximum Gasteiger partial charge on any atom is 0.418 e. The molecule has 22 heavy (non-hydrogen) atoms. The van der Waals surface area contributed by atoms with Gasteiger partial charge in [-0.1, -0.05) is 18.2 Å².